The molecule has 1 saturated heterocycles. The average Bonchev–Trinajstić information content (AvgIpc) is 2.07. The van der Waals surface area contributed by atoms with Crippen molar-refractivity contribution < 1.29 is 9.76 Å². The second-order valence-electron chi connectivity index (χ2n) is 2.87. The van der Waals surface area contributed by atoms with Gasteiger partial charge in [0.1, 0.15) is 12.1 Å². The van der Waals surface area contributed by atoms with E-state index in [1.807, 2.05) is 0 Å². The Hall–Kier alpha value is -0.680. The third-order valence-corrected chi connectivity index (χ3v) is 2.12. The van der Waals surface area contributed by atoms with Crippen molar-refractivity contribution in [1.29, 1.82) is 0 Å². The van der Waals surface area contributed by atoms with Gasteiger partial charge in [-0.05, 0) is 13.8 Å². The molecule has 1 aliphatic rings. The Morgan fingerprint density at radius 1 is 1.55 bits per heavy atom. The smallest absolute Gasteiger partial charge is 0.257 e. The van der Waals surface area contributed by atoms with Gasteiger partial charge in [-0.25, -0.2) is 0 Å². The quantitative estimate of drug-likeness (QED) is 0.408. The van der Waals surface area contributed by atoms with E-state index in [1.54, 1.807) is 20.9 Å². The Kier molecular flexibility index (Phi) is 2.10. The van der Waals surface area contributed by atoms with E-state index in [4.69, 9.17) is 4.84 Å². The van der Waals surface area contributed by atoms with Crippen molar-refractivity contribution in [2.75, 3.05) is 7.05 Å². The molecule has 0 amide bonds. The average molecular weight is 160 g/mol. The van der Waals surface area contributed by atoms with Gasteiger partial charge in [0.2, 0.25) is 0 Å². The van der Waals surface area contributed by atoms with E-state index < -0.39 is 6.04 Å². The van der Waals surface area contributed by atoms with Crippen LogP contribution in [-0.4, -0.2) is 35.2 Å². The second-order valence-corrected chi connectivity index (χ2v) is 2.87. The van der Waals surface area contributed by atoms with Gasteiger partial charge in [-0.1, -0.05) is 0 Å². The van der Waals surface area contributed by atoms with E-state index in [9.17, 15) is 10.1 Å². The van der Waals surface area contributed by atoms with Crippen molar-refractivity contribution in [3.63, 3.8) is 0 Å². The van der Waals surface area contributed by atoms with Crippen LogP contribution >= 0.6 is 0 Å². The van der Waals surface area contributed by atoms with E-state index in [1.165, 1.54) is 5.06 Å². The minimum absolute atomic E-state index is 0.139. The first-order valence-electron chi connectivity index (χ1n) is 3.57. The Morgan fingerprint density at radius 2 is 2.09 bits per heavy atom. The van der Waals surface area contributed by atoms with E-state index in [0.717, 1.165) is 0 Å². The van der Waals surface area contributed by atoms with Gasteiger partial charge < -0.3 is 0 Å². The summed E-state index contributed by atoms with van der Waals surface area (Å²) in [4.78, 5) is 15.3. The molecule has 0 aromatic carbocycles. The lowest BCUT2D eigenvalue weighted by Gasteiger charge is -2.11. The molecule has 1 aliphatic heterocycles. The monoisotopic (exact) mass is 160 g/mol. The summed E-state index contributed by atoms with van der Waals surface area (Å²) in [5, 5.41) is 12.0. The van der Waals surface area contributed by atoms with Crippen LogP contribution in [0.3, 0.4) is 0 Å². The molecule has 0 aliphatic carbocycles. The van der Waals surface area contributed by atoms with Gasteiger partial charge in [-0.15, -0.1) is 0 Å². The molecule has 1 fully saturated rings. The minimum atomic E-state index is -0.597. The topological polar surface area (TPSA) is 55.6 Å². The van der Waals surface area contributed by atoms with Crippen LogP contribution in [0, 0.1) is 10.1 Å². The largest absolute Gasteiger partial charge is 0.288 e. The molecule has 0 saturated carbocycles. The first-order chi connectivity index (χ1) is 5.04. The molecule has 0 spiro atoms. The Morgan fingerprint density at radius 3 is 2.27 bits per heavy atom. The summed E-state index contributed by atoms with van der Waals surface area (Å²) >= 11 is 0. The highest BCUT2D eigenvalue weighted by molar-refractivity contribution is 4.80. The van der Waals surface area contributed by atoms with Crippen molar-refractivity contribution in [1.82, 2.24) is 5.06 Å². The Bertz CT molecular complexity index is 173. The van der Waals surface area contributed by atoms with Crippen LogP contribution in [0.5, 0.6) is 0 Å². The SMILES string of the molecule is CC1ON(C)C(C)C1[N+](=O)[O-]. The number of hydrogen-bond donors (Lipinski definition) is 0. The van der Waals surface area contributed by atoms with Crippen molar-refractivity contribution >= 4 is 0 Å². The minimum Gasteiger partial charge on any atom is -0.288 e. The summed E-state index contributed by atoms with van der Waals surface area (Å²) in [7, 11) is 1.71. The third-order valence-electron chi connectivity index (χ3n) is 2.12. The highest BCUT2D eigenvalue weighted by Crippen LogP contribution is 2.21. The molecule has 0 aromatic heterocycles. The summed E-state index contributed by atoms with van der Waals surface area (Å²) < 4.78 is 0. The standard InChI is InChI=1S/C6H12N2O3/c1-4-6(8(9)10)5(2)11-7(4)3/h4-6H,1-3H3. The van der Waals surface area contributed by atoms with Crippen LogP contribution in [-0.2, 0) is 4.84 Å². The number of rotatable bonds is 1. The first-order valence-corrected chi connectivity index (χ1v) is 3.57. The van der Waals surface area contributed by atoms with Gasteiger partial charge >= 0.3 is 0 Å². The highest BCUT2D eigenvalue weighted by Gasteiger charge is 2.44. The van der Waals surface area contributed by atoms with Crippen molar-refractivity contribution in [3.8, 4) is 0 Å². The molecule has 0 N–H and O–H groups in total. The zero-order valence-electron chi connectivity index (χ0n) is 6.85. The molecule has 11 heavy (non-hydrogen) atoms. The maximum Gasteiger partial charge on any atom is 0.257 e. The number of likely N-dealkylation sites (N-methyl/N-ethyl adjacent to an activating group) is 1. The fourth-order valence-corrected chi connectivity index (χ4v) is 1.38. The fraction of sp³-hybridized carbons (Fsp3) is 1.00. The number of hydroxylamine groups is 2. The number of nitro groups is 1. The van der Waals surface area contributed by atoms with E-state index in [0.29, 0.717) is 0 Å². The van der Waals surface area contributed by atoms with E-state index in [-0.39, 0.29) is 17.1 Å². The van der Waals surface area contributed by atoms with E-state index in [2.05, 4.69) is 0 Å². The normalized spacial score (nSPS) is 39.4. The summed E-state index contributed by atoms with van der Waals surface area (Å²) in [6.07, 6.45) is -0.315. The van der Waals surface area contributed by atoms with E-state index >= 15 is 0 Å². The zero-order chi connectivity index (χ0) is 8.59. The van der Waals surface area contributed by atoms with Gasteiger partial charge in [0.05, 0.1) is 0 Å². The molecule has 1 heterocycles. The molecule has 0 bridgehead atoms. The van der Waals surface area contributed by atoms with Crippen LogP contribution < -0.4 is 0 Å². The first kappa shape index (κ1) is 8.42. The predicted octanol–water partition coefficient (Wildman–Crippen LogP) is 0.286. The number of nitrogens with zero attached hydrogens (tertiary/aromatic N) is 2. The maximum atomic E-state index is 10.5. The molecule has 0 aromatic rings. The summed E-state index contributed by atoms with van der Waals surface area (Å²) in [5.41, 5.74) is 0. The van der Waals surface area contributed by atoms with Gasteiger partial charge in [0, 0.05) is 12.0 Å². The number of hydrogen-bond acceptors (Lipinski definition) is 4. The molecular weight excluding hydrogens is 148 g/mol. The van der Waals surface area contributed by atoms with Crippen LogP contribution in [0.25, 0.3) is 0 Å². The van der Waals surface area contributed by atoms with Crippen LogP contribution in [0.15, 0.2) is 0 Å². The third kappa shape index (κ3) is 1.34. The summed E-state index contributed by atoms with van der Waals surface area (Å²) in [6.45, 7) is 3.50. The lowest BCUT2D eigenvalue weighted by atomic mass is 10.1. The molecular formula is C6H12N2O3. The van der Waals surface area contributed by atoms with Crippen LogP contribution in [0.1, 0.15) is 13.8 Å². The van der Waals surface area contributed by atoms with Gasteiger partial charge in [0.15, 0.2) is 0 Å². The highest BCUT2D eigenvalue weighted by atomic mass is 16.7. The summed E-state index contributed by atoms with van der Waals surface area (Å²) in [6, 6.07) is -0.736. The van der Waals surface area contributed by atoms with Gasteiger partial charge in [-0.3, -0.25) is 15.0 Å². The molecule has 1 rings (SSSR count). The molecule has 5 nitrogen and oxygen atoms in total. The van der Waals surface area contributed by atoms with Crippen molar-refractivity contribution in [3.05, 3.63) is 10.1 Å². The molecule has 64 valence electrons. The molecule has 3 atom stereocenters. The predicted molar refractivity (Wildman–Crippen MR) is 38.6 cm³/mol. The Labute approximate surface area is 65.0 Å². The van der Waals surface area contributed by atoms with Crippen molar-refractivity contribution in [2.45, 2.75) is 32.0 Å². The van der Waals surface area contributed by atoms with Gasteiger partial charge in [0.25, 0.3) is 6.04 Å². The van der Waals surface area contributed by atoms with Gasteiger partial charge in [-0.2, -0.15) is 5.06 Å². The zero-order valence-corrected chi connectivity index (χ0v) is 6.85. The fourth-order valence-electron chi connectivity index (χ4n) is 1.38. The lowest BCUT2D eigenvalue weighted by molar-refractivity contribution is -0.528. The van der Waals surface area contributed by atoms with Crippen LogP contribution in [0.4, 0.5) is 0 Å². The second kappa shape index (κ2) is 2.75. The lowest BCUT2D eigenvalue weighted by Crippen LogP contribution is -2.37. The van der Waals surface area contributed by atoms with Crippen molar-refractivity contribution in [2.24, 2.45) is 0 Å². The summed E-state index contributed by atoms with van der Waals surface area (Å²) in [5.74, 6) is 0. The Balaban J connectivity index is 2.71. The molecule has 3 unspecified atom stereocenters. The molecule has 5 heteroatoms. The maximum absolute atomic E-state index is 10.5. The van der Waals surface area contributed by atoms with Crippen LogP contribution in [0.2, 0.25) is 0 Å². The molecule has 0 radical (unpaired) electrons.